The van der Waals surface area contributed by atoms with Crippen LogP contribution in [0.3, 0.4) is 0 Å². The number of hydrogen-bond donors (Lipinski definition) is 1. The topological polar surface area (TPSA) is 79.0 Å². The number of imide groups is 1. The Hall–Kier alpha value is -3.35. The van der Waals surface area contributed by atoms with Crippen molar-refractivity contribution in [2.24, 2.45) is 0 Å². The Kier molecular flexibility index (Phi) is 4.97. The van der Waals surface area contributed by atoms with Gasteiger partial charge in [0.05, 0.1) is 12.6 Å². The van der Waals surface area contributed by atoms with Gasteiger partial charge >= 0.3 is 6.03 Å². The fourth-order valence-corrected chi connectivity index (χ4v) is 3.58. The lowest BCUT2D eigenvalue weighted by Gasteiger charge is -2.21. The average Bonchev–Trinajstić information content (AvgIpc) is 3.33. The smallest absolute Gasteiger partial charge is 0.324 e. The summed E-state index contributed by atoms with van der Waals surface area (Å²) in [6, 6.07) is 16.3. The summed E-state index contributed by atoms with van der Waals surface area (Å²) in [6.45, 7) is 1.32. The van der Waals surface area contributed by atoms with Gasteiger partial charge in [0, 0.05) is 18.7 Å². The van der Waals surface area contributed by atoms with Gasteiger partial charge in [0.15, 0.2) is 0 Å². The molecular formula is C21H21N3O4. The van der Waals surface area contributed by atoms with Crippen LogP contribution in [0.5, 0.6) is 5.75 Å². The molecule has 0 radical (unpaired) electrons. The van der Waals surface area contributed by atoms with Crippen LogP contribution in [-0.2, 0) is 11.4 Å². The number of nitrogens with zero attached hydrogens (tertiary/aromatic N) is 2. The Balaban J connectivity index is 1.40. The fraction of sp³-hybridized carbons (Fsp3) is 0.286. The van der Waals surface area contributed by atoms with Crippen molar-refractivity contribution in [2.75, 3.05) is 19.6 Å². The van der Waals surface area contributed by atoms with E-state index in [1.54, 1.807) is 23.1 Å². The number of likely N-dealkylation sites (tertiary alicyclic amines) is 1. The Morgan fingerprint density at radius 3 is 2.68 bits per heavy atom. The number of benzene rings is 2. The standard InChI is InChI=1S/C21H21N3O4/c25-19-12-22-21(27)24(19)17-9-10-23(13-17)20(26)16-7-4-8-18(11-16)28-14-15-5-2-1-3-6-15/h1-8,11,17H,9-10,12-14H2,(H,22,27). The number of hydrogen-bond acceptors (Lipinski definition) is 4. The summed E-state index contributed by atoms with van der Waals surface area (Å²) < 4.78 is 5.80. The number of carbonyl (C=O) groups excluding carboxylic acids is 3. The van der Waals surface area contributed by atoms with Crippen LogP contribution in [0, 0.1) is 0 Å². The second-order valence-electron chi connectivity index (χ2n) is 6.92. The van der Waals surface area contributed by atoms with Crippen molar-refractivity contribution >= 4 is 17.8 Å². The van der Waals surface area contributed by atoms with Gasteiger partial charge in [-0.05, 0) is 30.2 Å². The Bertz CT molecular complexity index is 884. The third-order valence-corrected chi connectivity index (χ3v) is 5.02. The third-order valence-electron chi connectivity index (χ3n) is 5.02. The monoisotopic (exact) mass is 379 g/mol. The van der Waals surface area contributed by atoms with Crippen LogP contribution in [0.25, 0.3) is 0 Å². The maximum absolute atomic E-state index is 12.9. The highest BCUT2D eigenvalue weighted by atomic mass is 16.5. The van der Waals surface area contributed by atoms with E-state index in [1.165, 1.54) is 4.90 Å². The Morgan fingerprint density at radius 1 is 1.11 bits per heavy atom. The van der Waals surface area contributed by atoms with Crippen molar-refractivity contribution in [1.29, 1.82) is 0 Å². The summed E-state index contributed by atoms with van der Waals surface area (Å²) in [5.41, 5.74) is 1.58. The molecule has 2 heterocycles. The van der Waals surface area contributed by atoms with E-state index in [4.69, 9.17) is 4.74 Å². The van der Waals surface area contributed by atoms with Gasteiger partial charge in [-0.3, -0.25) is 14.5 Å². The van der Waals surface area contributed by atoms with E-state index in [0.717, 1.165) is 5.56 Å². The molecule has 2 fully saturated rings. The molecule has 1 atom stereocenters. The molecule has 0 aromatic heterocycles. The van der Waals surface area contributed by atoms with Crippen LogP contribution in [0.4, 0.5) is 4.79 Å². The van der Waals surface area contributed by atoms with Crippen molar-refractivity contribution in [3.05, 3.63) is 65.7 Å². The summed E-state index contributed by atoms with van der Waals surface area (Å²) in [7, 11) is 0. The van der Waals surface area contributed by atoms with Crippen molar-refractivity contribution in [3.63, 3.8) is 0 Å². The molecule has 1 unspecified atom stereocenters. The average molecular weight is 379 g/mol. The largest absolute Gasteiger partial charge is 0.489 e. The second kappa shape index (κ2) is 7.72. The van der Waals surface area contributed by atoms with E-state index in [1.807, 2.05) is 36.4 Å². The first-order valence-corrected chi connectivity index (χ1v) is 9.28. The predicted octanol–water partition coefficient (Wildman–Crippen LogP) is 2.03. The summed E-state index contributed by atoms with van der Waals surface area (Å²) in [5.74, 6) is 0.264. The van der Waals surface area contributed by atoms with Gasteiger partial charge < -0.3 is 15.0 Å². The minimum atomic E-state index is -0.374. The molecule has 7 nitrogen and oxygen atoms in total. The first-order valence-electron chi connectivity index (χ1n) is 9.28. The van der Waals surface area contributed by atoms with Crippen molar-refractivity contribution < 1.29 is 19.1 Å². The van der Waals surface area contributed by atoms with E-state index in [0.29, 0.717) is 37.4 Å². The molecule has 0 spiro atoms. The number of rotatable bonds is 5. The van der Waals surface area contributed by atoms with Gasteiger partial charge in [-0.25, -0.2) is 4.79 Å². The molecule has 28 heavy (non-hydrogen) atoms. The Labute approximate surface area is 162 Å². The number of carbonyl (C=O) groups is 3. The van der Waals surface area contributed by atoms with Crippen molar-refractivity contribution in [2.45, 2.75) is 19.1 Å². The molecule has 2 aliphatic heterocycles. The fourth-order valence-electron chi connectivity index (χ4n) is 3.58. The van der Waals surface area contributed by atoms with Crippen molar-refractivity contribution in [1.82, 2.24) is 15.1 Å². The predicted molar refractivity (Wildman–Crippen MR) is 102 cm³/mol. The zero-order chi connectivity index (χ0) is 19.5. The molecule has 4 amide bonds. The van der Waals surface area contributed by atoms with Crippen LogP contribution in [0.15, 0.2) is 54.6 Å². The first kappa shape index (κ1) is 18.0. The van der Waals surface area contributed by atoms with E-state index < -0.39 is 0 Å². The van der Waals surface area contributed by atoms with Gasteiger partial charge in [-0.15, -0.1) is 0 Å². The van der Waals surface area contributed by atoms with Gasteiger partial charge in [-0.1, -0.05) is 36.4 Å². The molecule has 1 N–H and O–H groups in total. The summed E-state index contributed by atoms with van der Waals surface area (Å²) in [4.78, 5) is 39.5. The number of urea groups is 1. The molecule has 0 aliphatic carbocycles. The zero-order valence-corrected chi connectivity index (χ0v) is 15.3. The number of nitrogens with one attached hydrogen (secondary N) is 1. The maximum Gasteiger partial charge on any atom is 0.324 e. The minimum absolute atomic E-state index is 0.0318. The molecule has 4 rings (SSSR count). The van der Waals surface area contributed by atoms with Gasteiger partial charge in [0.25, 0.3) is 5.91 Å². The number of amides is 4. The van der Waals surface area contributed by atoms with Gasteiger partial charge in [-0.2, -0.15) is 0 Å². The van der Waals surface area contributed by atoms with E-state index >= 15 is 0 Å². The molecule has 2 aromatic rings. The maximum atomic E-state index is 12.9. The van der Waals surface area contributed by atoms with Gasteiger partial charge in [0.1, 0.15) is 12.4 Å². The molecule has 0 saturated carbocycles. The lowest BCUT2D eigenvalue weighted by Crippen LogP contribution is -2.42. The van der Waals surface area contributed by atoms with Crippen LogP contribution < -0.4 is 10.1 Å². The Morgan fingerprint density at radius 2 is 1.93 bits per heavy atom. The summed E-state index contributed by atoms with van der Waals surface area (Å²) in [5, 5.41) is 2.52. The highest BCUT2D eigenvalue weighted by molar-refractivity contribution is 6.02. The second-order valence-corrected chi connectivity index (χ2v) is 6.92. The minimum Gasteiger partial charge on any atom is -0.489 e. The molecule has 144 valence electrons. The normalized spacial score (nSPS) is 19.1. The van der Waals surface area contributed by atoms with Crippen molar-refractivity contribution in [3.8, 4) is 5.75 Å². The van der Waals surface area contributed by atoms with E-state index in [2.05, 4.69) is 5.32 Å². The van der Waals surface area contributed by atoms with Crippen LogP contribution in [-0.4, -0.2) is 53.3 Å². The summed E-state index contributed by atoms with van der Waals surface area (Å²) in [6.07, 6.45) is 0.592. The molecule has 2 saturated heterocycles. The summed E-state index contributed by atoms with van der Waals surface area (Å²) >= 11 is 0. The highest BCUT2D eigenvalue weighted by Crippen LogP contribution is 2.22. The molecule has 0 bridgehead atoms. The first-order chi connectivity index (χ1) is 13.6. The highest BCUT2D eigenvalue weighted by Gasteiger charge is 2.39. The molecule has 2 aromatic carbocycles. The van der Waals surface area contributed by atoms with E-state index in [9.17, 15) is 14.4 Å². The molecule has 2 aliphatic rings. The third kappa shape index (κ3) is 3.69. The van der Waals surface area contributed by atoms with Crippen LogP contribution in [0.1, 0.15) is 22.3 Å². The number of ether oxygens (including phenoxy) is 1. The van der Waals surface area contributed by atoms with Crippen LogP contribution in [0.2, 0.25) is 0 Å². The lowest BCUT2D eigenvalue weighted by molar-refractivity contribution is -0.126. The zero-order valence-electron chi connectivity index (χ0n) is 15.3. The molecular weight excluding hydrogens is 358 g/mol. The quantitative estimate of drug-likeness (QED) is 0.807. The van der Waals surface area contributed by atoms with Gasteiger partial charge in [0.2, 0.25) is 5.91 Å². The lowest BCUT2D eigenvalue weighted by atomic mass is 10.2. The molecule has 7 heteroatoms. The SMILES string of the molecule is O=C(c1cccc(OCc2ccccc2)c1)N1CCC(N2C(=O)CNC2=O)C1. The van der Waals surface area contributed by atoms with E-state index in [-0.39, 0.29) is 30.4 Å². The van der Waals surface area contributed by atoms with Crippen LogP contribution >= 0.6 is 0 Å².